The molecule has 328 valence electrons. The van der Waals surface area contributed by atoms with Crippen molar-refractivity contribution in [2.45, 2.75) is 63.8 Å². The van der Waals surface area contributed by atoms with E-state index in [1.165, 1.54) is 96.6 Å². The monoisotopic (exact) mass is 868 g/mol. The van der Waals surface area contributed by atoms with E-state index in [0.29, 0.717) is 11.8 Å². The maximum absolute atomic E-state index is 6.56. The number of aromatic nitrogens is 1. The molecule has 1 aliphatic heterocycles. The summed E-state index contributed by atoms with van der Waals surface area (Å²) in [6.07, 6.45) is 16.1. The summed E-state index contributed by atoms with van der Waals surface area (Å²) in [5.74, 6) is 1.19. The second-order valence-electron chi connectivity index (χ2n) is 18.8. The van der Waals surface area contributed by atoms with Crippen LogP contribution in [0, 0.1) is 6.92 Å². The predicted octanol–water partition coefficient (Wildman–Crippen LogP) is 16.3. The number of anilines is 3. The predicted molar refractivity (Wildman–Crippen MR) is 284 cm³/mol. The molecule has 0 bridgehead atoms. The molecule has 0 spiro atoms. The van der Waals surface area contributed by atoms with Gasteiger partial charge < -0.3 is 15.2 Å². The molecule has 0 radical (unpaired) electrons. The van der Waals surface area contributed by atoms with Gasteiger partial charge in [0.05, 0.1) is 34.1 Å². The van der Waals surface area contributed by atoms with Gasteiger partial charge in [-0.1, -0.05) is 189 Å². The summed E-state index contributed by atoms with van der Waals surface area (Å²) >= 11 is 0. The Hall–Kier alpha value is -7.69. The van der Waals surface area contributed by atoms with Crippen molar-refractivity contribution < 1.29 is 0 Å². The SMILES string of the molecule is CC1(C)c2ccccc2N(c2ccccc2)c2cc(-c3cccc4c5c6ccccc6ccc5n(C5C=C(N=C(N)c6ccccc6)C=CC5)c34)ccc21.Cc1ccc(C2C=CCCC2)cc1. The van der Waals surface area contributed by atoms with Crippen LogP contribution in [0.5, 0.6) is 0 Å². The van der Waals surface area contributed by atoms with Crippen molar-refractivity contribution in [3.05, 3.63) is 246 Å². The van der Waals surface area contributed by atoms with Crippen LogP contribution in [0.4, 0.5) is 17.1 Å². The van der Waals surface area contributed by atoms with E-state index in [4.69, 9.17) is 10.7 Å². The molecule has 0 amide bonds. The number of allylic oxidation sites excluding steroid dienone is 5. The van der Waals surface area contributed by atoms with E-state index in [9.17, 15) is 0 Å². The molecule has 2 atom stereocenters. The molecule has 9 aromatic rings. The van der Waals surface area contributed by atoms with Crippen LogP contribution in [0.2, 0.25) is 0 Å². The second kappa shape index (κ2) is 17.6. The molecule has 2 unspecified atom stereocenters. The zero-order valence-corrected chi connectivity index (χ0v) is 38.6. The lowest BCUT2D eigenvalue weighted by atomic mass is 9.73. The molecule has 8 aromatic carbocycles. The number of nitrogens with two attached hydrogens (primary N) is 1. The number of nitrogens with zero attached hydrogens (tertiary/aromatic N) is 3. The number of amidine groups is 1. The van der Waals surface area contributed by atoms with Crippen LogP contribution in [-0.2, 0) is 5.41 Å². The average molecular weight is 869 g/mol. The average Bonchev–Trinajstić information content (AvgIpc) is 3.73. The molecule has 2 aliphatic carbocycles. The highest BCUT2D eigenvalue weighted by atomic mass is 15.2. The molecule has 67 heavy (non-hydrogen) atoms. The van der Waals surface area contributed by atoms with Gasteiger partial charge >= 0.3 is 0 Å². The van der Waals surface area contributed by atoms with Gasteiger partial charge in [0.25, 0.3) is 0 Å². The Bertz CT molecular complexity index is 3400. The Balaban J connectivity index is 0.000000328. The first-order valence-electron chi connectivity index (χ1n) is 23.9. The minimum absolute atomic E-state index is 0.0314. The summed E-state index contributed by atoms with van der Waals surface area (Å²) in [5, 5.41) is 5.03. The number of hydrogen-bond acceptors (Lipinski definition) is 2. The zero-order chi connectivity index (χ0) is 45.5. The molecular weight excluding hydrogens is 813 g/mol. The van der Waals surface area contributed by atoms with Gasteiger partial charge in [0.15, 0.2) is 0 Å². The van der Waals surface area contributed by atoms with Gasteiger partial charge in [-0.05, 0) is 108 Å². The van der Waals surface area contributed by atoms with Crippen LogP contribution in [0.15, 0.2) is 223 Å². The lowest BCUT2D eigenvalue weighted by molar-refractivity contribution is 0.632. The third-order valence-corrected chi connectivity index (χ3v) is 14.2. The van der Waals surface area contributed by atoms with E-state index in [-0.39, 0.29) is 11.5 Å². The molecule has 4 heteroatoms. The van der Waals surface area contributed by atoms with Crippen LogP contribution < -0.4 is 10.6 Å². The Morgan fingerprint density at radius 2 is 1.40 bits per heavy atom. The van der Waals surface area contributed by atoms with E-state index >= 15 is 0 Å². The van der Waals surface area contributed by atoms with Crippen molar-refractivity contribution in [2.24, 2.45) is 10.7 Å². The molecule has 0 fully saturated rings. The number of rotatable bonds is 6. The molecular formula is C63H56N4. The third-order valence-electron chi connectivity index (χ3n) is 14.2. The standard InChI is InChI=1S/C50H40N4.C13H16/c1-50(2)42-25-11-12-26-44(42)53(37-19-7-4-8-20-37)46-31-35(27-29-43(46)50)40-23-14-24-41-47-39-22-10-9-15-33(39)28-30-45(47)54(48(40)41)38-21-13-18-36(32-38)52-49(51)34-16-5-3-6-17-34;1-11-7-9-13(10-8-11)12-5-3-2-4-6-12/h3-20,22-32,38H,21H2,1-2H3,(H2,51,52);3,5,7-10,12H,2,4,6H2,1H3. The van der Waals surface area contributed by atoms with Crippen molar-refractivity contribution in [2.75, 3.05) is 4.90 Å². The van der Waals surface area contributed by atoms with Gasteiger partial charge in [-0.15, -0.1) is 0 Å². The highest BCUT2D eigenvalue weighted by Gasteiger charge is 2.37. The van der Waals surface area contributed by atoms with Gasteiger partial charge in [-0.25, -0.2) is 4.99 Å². The maximum Gasteiger partial charge on any atom is 0.131 e. The van der Waals surface area contributed by atoms with Crippen LogP contribution in [-0.4, -0.2) is 10.4 Å². The molecule has 12 rings (SSSR count). The van der Waals surface area contributed by atoms with Gasteiger partial charge in [0.1, 0.15) is 5.84 Å². The van der Waals surface area contributed by atoms with Crippen LogP contribution in [0.3, 0.4) is 0 Å². The molecule has 2 heterocycles. The van der Waals surface area contributed by atoms with Crippen LogP contribution >= 0.6 is 0 Å². The summed E-state index contributed by atoms with van der Waals surface area (Å²) in [6, 6.07) is 65.8. The quantitative estimate of drug-likeness (QED) is 0.103. The van der Waals surface area contributed by atoms with Crippen molar-refractivity contribution >= 4 is 55.5 Å². The number of aliphatic imine (C=N–C) groups is 1. The van der Waals surface area contributed by atoms with Crippen molar-refractivity contribution in [3.63, 3.8) is 0 Å². The Morgan fingerprint density at radius 3 is 2.21 bits per heavy atom. The Morgan fingerprint density at radius 1 is 0.672 bits per heavy atom. The van der Waals surface area contributed by atoms with Gasteiger partial charge in [-0.2, -0.15) is 0 Å². The van der Waals surface area contributed by atoms with E-state index < -0.39 is 0 Å². The minimum atomic E-state index is -0.173. The number of fused-ring (bicyclic) bond motifs is 7. The zero-order valence-electron chi connectivity index (χ0n) is 38.6. The van der Waals surface area contributed by atoms with Crippen molar-refractivity contribution in [3.8, 4) is 11.1 Å². The summed E-state index contributed by atoms with van der Waals surface area (Å²) in [7, 11) is 0. The Kier molecular flexibility index (Phi) is 11.0. The van der Waals surface area contributed by atoms with E-state index in [2.05, 4.69) is 212 Å². The first kappa shape index (κ1) is 42.0. The van der Waals surface area contributed by atoms with Crippen LogP contribution in [0.1, 0.15) is 79.3 Å². The van der Waals surface area contributed by atoms with E-state index in [0.717, 1.165) is 23.4 Å². The summed E-state index contributed by atoms with van der Waals surface area (Å²) in [5.41, 5.74) is 22.0. The summed E-state index contributed by atoms with van der Waals surface area (Å²) in [6.45, 7) is 6.84. The first-order valence-corrected chi connectivity index (χ1v) is 23.9. The summed E-state index contributed by atoms with van der Waals surface area (Å²) in [4.78, 5) is 7.37. The first-order chi connectivity index (χ1) is 32.8. The highest BCUT2D eigenvalue weighted by Crippen LogP contribution is 2.53. The number of hydrogen-bond donors (Lipinski definition) is 1. The molecule has 3 aliphatic rings. The lowest BCUT2D eigenvalue weighted by Gasteiger charge is -2.42. The fraction of sp³-hybridized carbons (Fsp3) is 0.159. The molecule has 1 aromatic heterocycles. The summed E-state index contributed by atoms with van der Waals surface area (Å²) < 4.78 is 2.55. The van der Waals surface area contributed by atoms with E-state index in [1.807, 2.05) is 30.3 Å². The van der Waals surface area contributed by atoms with E-state index in [1.54, 1.807) is 0 Å². The number of benzene rings is 8. The lowest BCUT2D eigenvalue weighted by Crippen LogP contribution is -2.30. The normalized spacial score (nSPS) is 17.4. The second-order valence-corrected chi connectivity index (χ2v) is 18.8. The molecule has 0 saturated heterocycles. The third kappa shape index (κ3) is 7.76. The molecule has 2 N–H and O–H groups in total. The van der Waals surface area contributed by atoms with Gasteiger partial charge in [0, 0.05) is 38.9 Å². The smallest absolute Gasteiger partial charge is 0.131 e. The number of para-hydroxylation sites is 3. The fourth-order valence-corrected chi connectivity index (χ4v) is 10.8. The molecule has 4 nitrogen and oxygen atoms in total. The minimum Gasteiger partial charge on any atom is -0.383 e. The topological polar surface area (TPSA) is 46.5 Å². The molecule has 0 saturated carbocycles. The largest absolute Gasteiger partial charge is 0.383 e. The van der Waals surface area contributed by atoms with Gasteiger partial charge in [0.2, 0.25) is 0 Å². The van der Waals surface area contributed by atoms with Gasteiger partial charge in [-0.3, -0.25) is 0 Å². The van der Waals surface area contributed by atoms with Crippen molar-refractivity contribution in [1.29, 1.82) is 0 Å². The number of aryl methyl sites for hydroxylation is 1. The maximum atomic E-state index is 6.56. The fourth-order valence-electron chi connectivity index (χ4n) is 10.8. The highest BCUT2D eigenvalue weighted by molar-refractivity contribution is 6.23. The van der Waals surface area contributed by atoms with Crippen LogP contribution in [0.25, 0.3) is 43.7 Å². The van der Waals surface area contributed by atoms with Crippen molar-refractivity contribution in [1.82, 2.24) is 4.57 Å². The Labute approximate surface area is 394 Å².